The van der Waals surface area contributed by atoms with Gasteiger partial charge < -0.3 is 15.0 Å². The SMILES string of the molecule is COc1ccccc1C(C)N(C)C(=O)c1ccc(N2CCNC2=O)cc1. The zero-order valence-corrected chi connectivity index (χ0v) is 15.2. The number of para-hydroxylation sites is 1. The minimum atomic E-state index is -0.136. The summed E-state index contributed by atoms with van der Waals surface area (Å²) >= 11 is 0. The van der Waals surface area contributed by atoms with E-state index in [1.165, 1.54) is 0 Å². The Bertz CT molecular complexity index is 804. The Kier molecular flexibility index (Phi) is 5.11. The molecule has 1 fully saturated rings. The number of carbonyl (C=O) groups is 2. The van der Waals surface area contributed by atoms with E-state index in [1.807, 2.05) is 31.2 Å². The van der Waals surface area contributed by atoms with Crippen LogP contribution in [0.25, 0.3) is 0 Å². The van der Waals surface area contributed by atoms with Gasteiger partial charge in [-0.2, -0.15) is 0 Å². The van der Waals surface area contributed by atoms with Crippen molar-refractivity contribution >= 4 is 17.6 Å². The van der Waals surface area contributed by atoms with E-state index < -0.39 is 0 Å². The van der Waals surface area contributed by atoms with Gasteiger partial charge in [0.05, 0.1) is 13.2 Å². The summed E-state index contributed by atoms with van der Waals surface area (Å²) in [4.78, 5) is 27.9. The second-order valence-electron chi connectivity index (χ2n) is 6.26. The van der Waals surface area contributed by atoms with Crippen molar-refractivity contribution in [3.63, 3.8) is 0 Å². The molecule has 1 saturated heterocycles. The molecule has 0 bridgehead atoms. The summed E-state index contributed by atoms with van der Waals surface area (Å²) in [6, 6.07) is 14.6. The molecule has 2 aromatic carbocycles. The molecule has 1 atom stereocenters. The Morgan fingerprint density at radius 2 is 1.88 bits per heavy atom. The Hall–Kier alpha value is -3.02. The van der Waals surface area contributed by atoms with Crippen LogP contribution in [0.3, 0.4) is 0 Å². The molecule has 1 aliphatic heterocycles. The normalized spacial score (nSPS) is 14.7. The molecule has 3 rings (SSSR count). The summed E-state index contributed by atoms with van der Waals surface area (Å²) in [6.07, 6.45) is 0. The summed E-state index contributed by atoms with van der Waals surface area (Å²) in [5, 5.41) is 2.77. The first kappa shape index (κ1) is 17.8. The molecule has 6 nitrogen and oxygen atoms in total. The van der Waals surface area contributed by atoms with Gasteiger partial charge in [0.15, 0.2) is 0 Å². The van der Waals surface area contributed by atoms with Crippen LogP contribution in [0, 0.1) is 0 Å². The Labute approximate surface area is 153 Å². The molecule has 3 amide bonds. The van der Waals surface area contributed by atoms with Gasteiger partial charge >= 0.3 is 6.03 Å². The summed E-state index contributed by atoms with van der Waals surface area (Å²) in [5.74, 6) is 0.677. The van der Waals surface area contributed by atoms with Crippen LogP contribution in [0.1, 0.15) is 28.9 Å². The third-order valence-electron chi connectivity index (χ3n) is 4.77. The van der Waals surface area contributed by atoms with Crippen LogP contribution in [-0.4, -0.2) is 44.1 Å². The molecule has 1 N–H and O–H groups in total. The summed E-state index contributed by atoms with van der Waals surface area (Å²) in [7, 11) is 3.40. The highest BCUT2D eigenvalue weighted by Gasteiger charge is 2.23. The van der Waals surface area contributed by atoms with Gasteiger partial charge in [-0.25, -0.2) is 4.79 Å². The fourth-order valence-corrected chi connectivity index (χ4v) is 3.10. The van der Waals surface area contributed by atoms with Gasteiger partial charge in [-0.1, -0.05) is 18.2 Å². The summed E-state index contributed by atoms with van der Waals surface area (Å²) < 4.78 is 5.40. The maximum Gasteiger partial charge on any atom is 0.321 e. The Morgan fingerprint density at radius 3 is 2.50 bits per heavy atom. The maximum absolute atomic E-state index is 12.8. The number of nitrogens with one attached hydrogen (secondary N) is 1. The first-order valence-electron chi connectivity index (χ1n) is 8.58. The van der Waals surface area contributed by atoms with Crippen molar-refractivity contribution in [2.75, 3.05) is 32.1 Å². The number of ether oxygens (including phenoxy) is 1. The molecule has 0 radical (unpaired) electrons. The van der Waals surface area contributed by atoms with Crippen molar-refractivity contribution in [3.8, 4) is 5.75 Å². The lowest BCUT2D eigenvalue weighted by Gasteiger charge is -2.27. The van der Waals surface area contributed by atoms with E-state index in [4.69, 9.17) is 4.74 Å². The number of rotatable bonds is 5. The third kappa shape index (κ3) is 3.35. The highest BCUT2D eigenvalue weighted by atomic mass is 16.5. The number of hydrogen-bond acceptors (Lipinski definition) is 3. The molecule has 136 valence electrons. The number of amides is 3. The molecular formula is C20H23N3O3. The van der Waals surface area contributed by atoms with E-state index >= 15 is 0 Å². The number of hydrogen-bond donors (Lipinski definition) is 1. The number of carbonyl (C=O) groups excluding carboxylic acids is 2. The monoisotopic (exact) mass is 353 g/mol. The second kappa shape index (κ2) is 7.47. The highest BCUT2D eigenvalue weighted by Crippen LogP contribution is 2.29. The van der Waals surface area contributed by atoms with E-state index in [-0.39, 0.29) is 18.0 Å². The summed E-state index contributed by atoms with van der Waals surface area (Å²) in [6.45, 7) is 3.24. The number of urea groups is 1. The van der Waals surface area contributed by atoms with Crippen LogP contribution in [0.2, 0.25) is 0 Å². The zero-order chi connectivity index (χ0) is 18.7. The standard InChI is InChI=1S/C20H23N3O3/c1-14(17-6-4-5-7-18(17)26-3)22(2)19(24)15-8-10-16(11-9-15)23-13-12-21-20(23)25/h4-11,14H,12-13H2,1-3H3,(H,21,25). The predicted molar refractivity (Wildman–Crippen MR) is 101 cm³/mol. The van der Waals surface area contributed by atoms with E-state index in [2.05, 4.69) is 5.32 Å². The number of nitrogens with zero attached hydrogens (tertiary/aromatic N) is 2. The highest BCUT2D eigenvalue weighted by molar-refractivity contribution is 5.97. The lowest BCUT2D eigenvalue weighted by atomic mass is 10.0. The van der Waals surface area contributed by atoms with Crippen molar-refractivity contribution < 1.29 is 14.3 Å². The maximum atomic E-state index is 12.8. The largest absolute Gasteiger partial charge is 0.496 e. The average Bonchev–Trinajstić information content (AvgIpc) is 3.12. The first-order valence-corrected chi connectivity index (χ1v) is 8.58. The minimum absolute atomic E-state index is 0.0826. The van der Waals surface area contributed by atoms with Crippen molar-refractivity contribution in [2.45, 2.75) is 13.0 Å². The molecule has 1 heterocycles. The van der Waals surface area contributed by atoms with Gasteiger partial charge in [-0.05, 0) is 37.3 Å². The van der Waals surface area contributed by atoms with Crippen molar-refractivity contribution in [3.05, 3.63) is 59.7 Å². The predicted octanol–water partition coefficient (Wildman–Crippen LogP) is 3.06. The van der Waals surface area contributed by atoms with Crippen LogP contribution in [0.4, 0.5) is 10.5 Å². The molecule has 26 heavy (non-hydrogen) atoms. The molecule has 0 aliphatic carbocycles. The lowest BCUT2D eigenvalue weighted by molar-refractivity contribution is 0.0741. The smallest absolute Gasteiger partial charge is 0.321 e. The zero-order valence-electron chi connectivity index (χ0n) is 15.2. The fraction of sp³-hybridized carbons (Fsp3) is 0.300. The molecule has 0 spiro atoms. The van der Waals surface area contributed by atoms with E-state index in [0.717, 1.165) is 17.0 Å². The van der Waals surface area contributed by atoms with Crippen LogP contribution < -0.4 is 15.0 Å². The molecular weight excluding hydrogens is 330 g/mol. The van der Waals surface area contributed by atoms with Crippen molar-refractivity contribution in [1.29, 1.82) is 0 Å². The van der Waals surface area contributed by atoms with Crippen molar-refractivity contribution in [1.82, 2.24) is 10.2 Å². The lowest BCUT2D eigenvalue weighted by Crippen LogP contribution is -2.30. The van der Waals surface area contributed by atoms with E-state index in [9.17, 15) is 9.59 Å². The number of methoxy groups -OCH3 is 1. The molecule has 0 aromatic heterocycles. The summed E-state index contributed by atoms with van der Waals surface area (Å²) in [5.41, 5.74) is 2.32. The minimum Gasteiger partial charge on any atom is -0.496 e. The van der Waals surface area contributed by atoms with Crippen LogP contribution in [0.5, 0.6) is 5.75 Å². The van der Waals surface area contributed by atoms with Gasteiger partial charge in [0.2, 0.25) is 0 Å². The van der Waals surface area contributed by atoms with E-state index in [1.54, 1.807) is 48.2 Å². The Balaban J connectivity index is 1.76. The molecule has 1 aliphatic rings. The van der Waals surface area contributed by atoms with Gasteiger partial charge in [-0.15, -0.1) is 0 Å². The fourth-order valence-electron chi connectivity index (χ4n) is 3.10. The van der Waals surface area contributed by atoms with Crippen LogP contribution in [0.15, 0.2) is 48.5 Å². The number of benzene rings is 2. The van der Waals surface area contributed by atoms with Gasteiger partial charge in [0.25, 0.3) is 5.91 Å². The van der Waals surface area contributed by atoms with Gasteiger partial charge in [0.1, 0.15) is 5.75 Å². The van der Waals surface area contributed by atoms with Crippen LogP contribution >= 0.6 is 0 Å². The van der Waals surface area contributed by atoms with Gasteiger partial charge in [-0.3, -0.25) is 9.69 Å². The topological polar surface area (TPSA) is 61.9 Å². The first-order chi connectivity index (χ1) is 12.5. The van der Waals surface area contributed by atoms with Crippen LogP contribution in [-0.2, 0) is 0 Å². The van der Waals surface area contributed by atoms with Gasteiger partial charge in [0, 0.05) is 37.0 Å². The third-order valence-corrected chi connectivity index (χ3v) is 4.77. The molecule has 6 heteroatoms. The quantitative estimate of drug-likeness (QED) is 0.899. The van der Waals surface area contributed by atoms with Crippen molar-refractivity contribution in [2.24, 2.45) is 0 Å². The molecule has 1 unspecified atom stereocenters. The Morgan fingerprint density at radius 1 is 1.19 bits per heavy atom. The number of anilines is 1. The second-order valence-corrected chi connectivity index (χ2v) is 6.26. The molecule has 2 aromatic rings. The van der Waals surface area contributed by atoms with E-state index in [0.29, 0.717) is 18.7 Å². The molecule has 0 saturated carbocycles. The average molecular weight is 353 g/mol.